The first kappa shape index (κ1) is 28.5. The Morgan fingerprint density at radius 3 is 1.83 bits per heavy atom. The standard InChI is InChI=1S/C25H45NO4/c1-5-6-7-8-9-10-11-12-13-14-15-16-17-18-19-20-23(27)25(30,21-24(28)29)22-26(2,3)4/h17-20,30H,5-16,21-22H2,1-4H3. The summed E-state index contributed by atoms with van der Waals surface area (Å²) in [5.74, 6) is -2.03. The van der Waals surface area contributed by atoms with Crippen LogP contribution in [0.1, 0.15) is 90.4 Å². The van der Waals surface area contributed by atoms with Crippen LogP contribution in [0, 0.1) is 0 Å². The quantitative estimate of drug-likeness (QED) is 0.148. The van der Waals surface area contributed by atoms with Gasteiger partial charge in [0.05, 0.1) is 21.1 Å². The molecule has 0 aromatic heterocycles. The van der Waals surface area contributed by atoms with Gasteiger partial charge in [-0.15, -0.1) is 0 Å². The average Bonchev–Trinajstić information content (AvgIpc) is 2.62. The lowest BCUT2D eigenvalue weighted by atomic mass is 9.92. The van der Waals surface area contributed by atoms with Gasteiger partial charge >= 0.3 is 0 Å². The van der Waals surface area contributed by atoms with Crippen LogP contribution in [0.3, 0.4) is 0 Å². The molecule has 0 bridgehead atoms. The Hall–Kier alpha value is -1.46. The maximum atomic E-state index is 12.3. The Morgan fingerprint density at radius 2 is 1.37 bits per heavy atom. The number of unbranched alkanes of at least 4 members (excludes halogenated alkanes) is 11. The second-order valence-electron chi connectivity index (χ2n) is 9.50. The molecular formula is C25H45NO4. The summed E-state index contributed by atoms with van der Waals surface area (Å²) in [6.45, 7) is 2.25. The van der Waals surface area contributed by atoms with Gasteiger partial charge in [0.2, 0.25) is 0 Å². The van der Waals surface area contributed by atoms with E-state index in [4.69, 9.17) is 0 Å². The minimum absolute atomic E-state index is 0.00656. The molecular weight excluding hydrogens is 378 g/mol. The summed E-state index contributed by atoms with van der Waals surface area (Å²) in [4.78, 5) is 23.3. The minimum Gasteiger partial charge on any atom is -0.550 e. The number of hydrogen-bond donors (Lipinski definition) is 1. The Balaban J connectivity index is 4.02. The van der Waals surface area contributed by atoms with Crippen LogP contribution >= 0.6 is 0 Å². The van der Waals surface area contributed by atoms with E-state index in [9.17, 15) is 19.8 Å². The molecule has 0 saturated carbocycles. The minimum atomic E-state index is -1.95. The van der Waals surface area contributed by atoms with E-state index in [-0.39, 0.29) is 11.0 Å². The third kappa shape index (κ3) is 16.3. The number of hydrogen-bond acceptors (Lipinski definition) is 4. The average molecular weight is 424 g/mol. The maximum absolute atomic E-state index is 12.3. The van der Waals surface area contributed by atoms with Crippen molar-refractivity contribution in [2.45, 2.75) is 96.0 Å². The molecule has 0 spiro atoms. The van der Waals surface area contributed by atoms with Crippen molar-refractivity contribution in [2.75, 3.05) is 27.7 Å². The maximum Gasteiger partial charge on any atom is 0.193 e. The summed E-state index contributed by atoms with van der Waals surface area (Å²) >= 11 is 0. The molecule has 1 N–H and O–H groups in total. The number of nitrogens with zero attached hydrogens (tertiary/aromatic N) is 1. The second-order valence-corrected chi connectivity index (χ2v) is 9.50. The number of rotatable bonds is 19. The SMILES string of the molecule is CCCCCCCCCCCCCC=CC=CC(=O)C(O)(CC(=O)[O-])C[N+](C)(C)C. The fourth-order valence-electron chi connectivity index (χ4n) is 3.64. The fraction of sp³-hybridized carbons (Fsp3) is 0.760. The van der Waals surface area contributed by atoms with Crippen LogP contribution < -0.4 is 5.11 Å². The lowest BCUT2D eigenvalue weighted by molar-refractivity contribution is -0.875. The number of carbonyl (C=O) groups excluding carboxylic acids is 2. The molecule has 0 saturated heterocycles. The Morgan fingerprint density at radius 1 is 0.867 bits per heavy atom. The normalized spacial score (nSPS) is 14.4. The summed E-state index contributed by atoms with van der Waals surface area (Å²) in [5.41, 5.74) is -1.95. The van der Waals surface area contributed by atoms with E-state index in [1.807, 2.05) is 6.08 Å². The molecule has 0 aromatic carbocycles. The van der Waals surface area contributed by atoms with Crippen molar-refractivity contribution in [3.8, 4) is 0 Å². The van der Waals surface area contributed by atoms with E-state index >= 15 is 0 Å². The van der Waals surface area contributed by atoms with Gasteiger partial charge in [0.25, 0.3) is 0 Å². The highest BCUT2D eigenvalue weighted by atomic mass is 16.4. The number of carboxylic acids is 1. The highest BCUT2D eigenvalue weighted by Gasteiger charge is 2.39. The molecule has 1 atom stereocenters. The van der Waals surface area contributed by atoms with Gasteiger partial charge in [0.1, 0.15) is 6.54 Å². The van der Waals surface area contributed by atoms with Gasteiger partial charge in [0.15, 0.2) is 11.4 Å². The second kappa shape index (κ2) is 16.3. The Bertz CT molecular complexity index is 534. The van der Waals surface area contributed by atoms with Gasteiger partial charge in [-0.3, -0.25) is 4.79 Å². The summed E-state index contributed by atoms with van der Waals surface area (Å²) in [6, 6.07) is 0. The van der Waals surface area contributed by atoms with Crippen molar-refractivity contribution in [1.82, 2.24) is 0 Å². The predicted octanol–water partition coefficient (Wildman–Crippen LogP) is 3.95. The molecule has 174 valence electrons. The summed E-state index contributed by atoms with van der Waals surface area (Å²) in [5, 5.41) is 21.5. The van der Waals surface area contributed by atoms with Crippen molar-refractivity contribution in [3.05, 3.63) is 24.3 Å². The highest BCUT2D eigenvalue weighted by Crippen LogP contribution is 2.17. The number of quaternary nitrogens is 1. The molecule has 1 unspecified atom stereocenters. The first-order chi connectivity index (χ1) is 14.1. The van der Waals surface area contributed by atoms with Crippen LogP contribution in [0.5, 0.6) is 0 Å². The number of carboxylic acid groups (broad SMARTS) is 1. The zero-order valence-corrected chi connectivity index (χ0v) is 19.8. The number of carbonyl (C=O) groups is 2. The third-order valence-corrected chi connectivity index (χ3v) is 5.10. The number of aliphatic hydroxyl groups is 1. The van der Waals surface area contributed by atoms with Crippen molar-refractivity contribution >= 4 is 11.8 Å². The van der Waals surface area contributed by atoms with E-state index in [1.54, 1.807) is 33.3 Å². The van der Waals surface area contributed by atoms with Gasteiger partial charge in [-0.1, -0.05) is 89.4 Å². The van der Waals surface area contributed by atoms with Gasteiger partial charge < -0.3 is 19.5 Å². The van der Waals surface area contributed by atoms with Gasteiger partial charge in [0, 0.05) is 12.4 Å². The number of likely N-dealkylation sites (N-methyl/N-ethyl adjacent to an activating group) is 1. The highest BCUT2D eigenvalue weighted by molar-refractivity contribution is 5.99. The molecule has 0 heterocycles. The topological polar surface area (TPSA) is 77.4 Å². The van der Waals surface area contributed by atoms with E-state index in [0.29, 0.717) is 0 Å². The number of allylic oxidation sites excluding steroid dienone is 3. The van der Waals surface area contributed by atoms with Crippen molar-refractivity contribution < 1.29 is 24.3 Å². The van der Waals surface area contributed by atoms with Crippen LogP contribution in [-0.4, -0.2) is 54.6 Å². The van der Waals surface area contributed by atoms with Crippen LogP contribution in [-0.2, 0) is 9.59 Å². The van der Waals surface area contributed by atoms with Gasteiger partial charge in [-0.25, -0.2) is 0 Å². The third-order valence-electron chi connectivity index (χ3n) is 5.10. The molecule has 0 aliphatic carbocycles. The zero-order chi connectivity index (χ0) is 22.9. The number of ketones is 1. The van der Waals surface area contributed by atoms with Gasteiger partial charge in [-0.05, 0) is 18.9 Å². The molecule has 5 nitrogen and oxygen atoms in total. The van der Waals surface area contributed by atoms with Crippen LogP contribution in [0.4, 0.5) is 0 Å². The Kier molecular flexibility index (Phi) is 15.5. The molecule has 0 fully saturated rings. The monoisotopic (exact) mass is 423 g/mol. The molecule has 0 aromatic rings. The van der Waals surface area contributed by atoms with Crippen molar-refractivity contribution in [3.63, 3.8) is 0 Å². The van der Waals surface area contributed by atoms with E-state index in [2.05, 4.69) is 6.92 Å². The largest absolute Gasteiger partial charge is 0.550 e. The van der Waals surface area contributed by atoms with Crippen LogP contribution in [0.15, 0.2) is 24.3 Å². The fourth-order valence-corrected chi connectivity index (χ4v) is 3.64. The first-order valence-corrected chi connectivity index (χ1v) is 11.7. The predicted molar refractivity (Wildman–Crippen MR) is 122 cm³/mol. The molecule has 5 heteroatoms. The van der Waals surface area contributed by atoms with E-state index in [1.165, 1.54) is 70.3 Å². The lowest BCUT2D eigenvalue weighted by Crippen LogP contribution is -2.55. The molecule has 30 heavy (non-hydrogen) atoms. The zero-order valence-electron chi connectivity index (χ0n) is 19.8. The molecule has 0 aliphatic rings. The summed E-state index contributed by atoms with van der Waals surface area (Å²) < 4.78 is 0.276. The lowest BCUT2D eigenvalue weighted by Gasteiger charge is -2.34. The smallest absolute Gasteiger partial charge is 0.193 e. The van der Waals surface area contributed by atoms with Crippen molar-refractivity contribution in [1.29, 1.82) is 0 Å². The Labute approximate surface area is 184 Å². The van der Waals surface area contributed by atoms with E-state index in [0.717, 1.165) is 12.8 Å². The number of aliphatic carboxylic acids is 1. The summed E-state index contributed by atoms with van der Waals surface area (Å²) in [7, 11) is 5.39. The molecule has 0 rings (SSSR count). The van der Waals surface area contributed by atoms with Crippen LogP contribution in [0.2, 0.25) is 0 Å². The van der Waals surface area contributed by atoms with Gasteiger partial charge in [-0.2, -0.15) is 0 Å². The first-order valence-electron chi connectivity index (χ1n) is 11.7. The molecule has 0 aliphatic heterocycles. The molecule has 0 radical (unpaired) electrons. The van der Waals surface area contributed by atoms with E-state index < -0.39 is 23.8 Å². The molecule has 0 amide bonds. The van der Waals surface area contributed by atoms with Crippen molar-refractivity contribution in [2.24, 2.45) is 0 Å². The summed E-state index contributed by atoms with van der Waals surface area (Å²) in [6.07, 6.45) is 21.4. The van der Waals surface area contributed by atoms with Crippen LogP contribution in [0.25, 0.3) is 0 Å².